The van der Waals surface area contributed by atoms with Gasteiger partial charge in [-0.25, -0.2) is 0 Å². The molecule has 0 bridgehead atoms. The van der Waals surface area contributed by atoms with E-state index in [9.17, 15) is 14.9 Å². The van der Waals surface area contributed by atoms with Crippen molar-refractivity contribution in [3.63, 3.8) is 0 Å². The smallest absolute Gasteiger partial charge is 0.365 e. The minimum atomic E-state index is -1.24. The van der Waals surface area contributed by atoms with Crippen molar-refractivity contribution >= 4 is 17.5 Å². The Bertz CT molecular complexity index is 453. The summed E-state index contributed by atoms with van der Waals surface area (Å²) < 4.78 is 0. The Kier molecular flexibility index (Phi) is 1.53. The van der Waals surface area contributed by atoms with E-state index >= 15 is 0 Å². The first-order valence-electron chi connectivity index (χ1n) is 3.64. The molecule has 0 aliphatic carbocycles. The van der Waals surface area contributed by atoms with Gasteiger partial charge in [-0.05, 0) is 0 Å². The Morgan fingerprint density at radius 3 is 2.86 bits per heavy atom. The number of H-pyrrole nitrogens is 1. The number of aromatic amines is 1. The van der Waals surface area contributed by atoms with Crippen LogP contribution >= 0.6 is 0 Å². The number of hydrogen-bond acceptors (Lipinski definition) is 7. The van der Waals surface area contributed by atoms with Crippen molar-refractivity contribution in [2.75, 3.05) is 16.4 Å². The summed E-state index contributed by atoms with van der Waals surface area (Å²) in [5.74, 6) is -0.00000189. The lowest BCUT2D eigenvalue weighted by atomic mass is 10.5. The fraction of sp³-hybridized carbons (Fsp3) is 0.200. The van der Waals surface area contributed by atoms with Crippen LogP contribution in [0, 0.1) is 10.1 Å². The maximum Gasteiger partial charge on any atom is 0.365 e. The van der Waals surface area contributed by atoms with Gasteiger partial charge >= 0.3 is 6.29 Å². The summed E-state index contributed by atoms with van der Waals surface area (Å²) in [7, 11) is 0. The van der Waals surface area contributed by atoms with Crippen LogP contribution in [0.1, 0.15) is 0 Å². The third kappa shape index (κ3) is 1.11. The highest BCUT2D eigenvalue weighted by Crippen LogP contribution is 2.22. The molecule has 0 unspecified atom stereocenters. The molecule has 9 heteroatoms. The van der Waals surface area contributed by atoms with Crippen molar-refractivity contribution in [1.29, 1.82) is 0 Å². The maximum atomic E-state index is 11.2. The van der Waals surface area contributed by atoms with Crippen molar-refractivity contribution in [3.8, 4) is 0 Å². The molecule has 1 aromatic rings. The van der Waals surface area contributed by atoms with Crippen molar-refractivity contribution in [2.45, 2.75) is 6.29 Å². The molecule has 9 nitrogen and oxygen atoms in total. The van der Waals surface area contributed by atoms with Crippen molar-refractivity contribution in [1.82, 2.24) is 9.97 Å². The zero-order valence-electron chi connectivity index (χ0n) is 6.77. The average Bonchev–Trinajstić information content (AvgIpc) is 2.47. The normalized spacial score (nSPS) is 18.1. The molecule has 1 aromatic heterocycles. The highest BCUT2D eigenvalue weighted by Gasteiger charge is 2.31. The fourth-order valence-corrected chi connectivity index (χ4v) is 1.14. The summed E-state index contributed by atoms with van der Waals surface area (Å²) in [6, 6.07) is 0. The number of nitrogens with one attached hydrogen (secondary N) is 3. The largest absolute Gasteiger partial charge is 0.369 e. The van der Waals surface area contributed by atoms with Crippen LogP contribution in [0.25, 0.3) is 0 Å². The van der Waals surface area contributed by atoms with Crippen LogP contribution in [0.15, 0.2) is 4.79 Å². The first kappa shape index (κ1) is 8.29. The summed E-state index contributed by atoms with van der Waals surface area (Å²) in [6.07, 6.45) is -1.24. The van der Waals surface area contributed by atoms with Crippen LogP contribution in [0.3, 0.4) is 0 Å². The van der Waals surface area contributed by atoms with Crippen LogP contribution in [-0.2, 0) is 0 Å². The number of aromatic nitrogens is 2. The van der Waals surface area contributed by atoms with Crippen LogP contribution in [0.2, 0.25) is 0 Å². The van der Waals surface area contributed by atoms with Crippen LogP contribution in [0.5, 0.6) is 0 Å². The predicted octanol–water partition coefficient (Wildman–Crippen LogP) is -1.25. The number of rotatable bonds is 1. The second-order valence-corrected chi connectivity index (χ2v) is 2.65. The van der Waals surface area contributed by atoms with Gasteiger partial charge in [-0.15, -0.1) is 0 Å². The number of nitrogens with zero attached hydrogens (tertiary/aromatic N) is 2. The Morgan fingerprint density at radius 1 is 1.50 bits per heavy atom. The molecule has 0 fully saturated rings. The summed E-state index contributed by atoms with van der Waals surface area (Å²) in [4.78, 5) is 26.9. The molecule has 14 heavy (non-hydrogen) atoms. The van der Waals surface area contributed by atoms with Crippen molar-refractivity contribution in [2.24, 2.45) is 0 Å². The Hall–Kier alpha value is -2.32. The molecule has 0 saturated carbocycles. The van der Waals surface area contributed by atoms with Crippen molar-refractivity contribution in [3.05, 3.63) is 20.5 Å². The molecule has 1 aliphatic rings. The third-order valence-electron chi connectivity index (χ3n) is 1.70. The van der Waals surface area contributed by atoms with Crippen LogP contribution < -0.4 is 21.9 Å². The zero-order chi connectivity index (χ0) is 10.3. The van der Waals surface area contributed by atoms with Gasteiger partial charge < -0.3 is 5.73 Å². The molecule has 2 rings (SSSR count). The maximum absolute atomic E-state index is 11.2. The standard InChI is InChI=1S/C5H6N6O3/c6-4-8-2-1(3(12)10-4)7-5(9-2)11(13)14/h5,7H,(H4,6,8,9,10,12)/t5-/m1/s1. The second-order valence-electron chi connectivity index (χ2n) is 2.65. The zero-order valence-corrected chi connectivity index (χ0v) is 6.77. The molecule has 1 aliphatic heterocycles. The van der Waals surface area contributed by atoms with Crippen LogP contribution in [0.4, 0.5) is 17.5 Å². The quantitative estimate of drug-likeness (QED) is 0.326. The summed E-state index contributed by atoms with van der Waals surface area (Å²) >= 11 is 0. The lowest BCUT2D eigenvalue weighted by Gasteiger charge is -1.99. The van der Waals surface area contributed by atoms with E-state index in [2.05, 4.69) is 20.6 Å². The van der Waals surface area contributed by atoms with E-state index < -0.39 is 16.8 Å². The molecule has 1 atom stereocenters. The Labute approximate surface area is 76.5 Å². The molecule has 74 valence electrons. The first-order valence-corrected chi connectivity index (χ1v) is 3.64. The first-order chi connectivity index (χ1) is 6.58. The summed E-state index contributed by atoms with van der Waals surface area (Å²) in [5, 5.41) is 15.1. The SMILES string of the molecule is Nc1nc2c(c(=O)[nH]1)N[C@@H]([N+](=O)[O-])N2. The van der Waals surface area contributed by atoms with Gasteiger partial charge in [0.15, 0.2) is 11.5 Å². The summed E-state index contributed by atoms with van der Waals surface area (Å²) in [5.41, 5.74) is 4.74. The lowest BCUT2D eigenvalue weighted by Crippen LogP contribution is -2.31. The lowest BCUT2D eigenvalue weighted by molar-refractivity contribution is -0.506. The minimum Gasteiger partial charge on any atom is -0.369 e. The number of nitro groups is 1. The monoisotopic (exact) mass is 198 g/mol. The van der Waals surface area contributed by atoms with Crippen LogP contribution in [-0.4, -0.2) is 21.2 Å². The van der Waals surface area contributed by atoms with Gasteiger partial charge in [-0.1, -0.05) is 0 Å². The van der Waals surface area contributed by atoms with Gasteiger partial charge in [0.05, 0.1) is 4.92 Å². The fourth-order valence-electron chi connectivity index (χ4n) is 1.14. The molecule has 2 heterocycles. The Morgan fingerprint density at radius 2 is 2.21 bits per heavy atom. The van der Waals surface area contributed by atoms with E-state index in [0.717, 1.165) is 0 Å². The number of anilines is 3. The number of nitrogen functional groups attached to an aromatic ring is 1. The molecule has 0 radical (unpaired) electrons. The van der Waals surface area contributed by atoms with E-state index in [0.29, 0.717) is 0 Å². The molecular formula is C5H6N6O3. The van der Waals surface area contributed by atoms with Gasteiger partial charge in [-0.2, -0.15) is 4.98 Å². The second kappa shape index (κ2) is 2.58. The topological polar surface area (TPSA) is 139 Å². The molecule has 0 spiro atoms. The van der Waals surface area contributed by atoms with Gasteiger partial charge in [0.2, 0.25) is 5.95 Å². The van der Waals surface area contributed by atoms with E-state index in [1.165, 1.54) is 0 Å². The predicted molar refractivity (Wildman–Crippen MR) is 47.3 cm³/mol. The number of hydrogen-bond donors (Lipinski definition) is 4. The van der Waals surface area contributed by atoms with E-state index in [4.69, 9.17) is 5.73 Å². The van der Waals surface area contributed by atoms with E-state index in [1.807, 2.05) is 0 Å². The van der Waals surface area contributed by atoms with Gasteiger partial charge in [-0.3, -0.25) is 30.5 Å². The minimum absolute atomic E-state index is 0.0286. The van der Waals surface area contributed by atoms with Gasteiger partial charge in [0.25, 0.3) is 5.56 Å². The molecule has 0 aromatic carbocycles. The van der Waals surface area contributed by atoms with Gasteiger partial charge in [0.1, 0.15) is 0 Å². The molecule has 0 saturated heterocycles. The highest BCUT2D eigenvalue weighted by molar-refractivity contribution is 5.69. The highest BCUT2D eigenvalue weighted by atomic mass is 16.6. The summed E-state index contributed by atoms with van der Waals surface area (Å²) in [6.45, 7) is 0. The molecule has 0 amide bonds. The number of fused-ring (bicyclic) bond motifs is 1. The van der Waals surface area contributed by atoms with Crippen molar-refractivity contribution < 1.29 is 4.92 Å². The van der Waals surface area contributed by atoms with E-state index in [1.54, 1.807) is 0 Å². The van der Waals surface area contributed by atoms with Gasteiger partial charge in [0, 0.05) is 0 Å². The number of nitrogens with two attached hydrogens (primary N) is 1. The Balaban J connectivity index is 2.45. The average molecular weight is 198 g/mol. The molecular weight excluding hydrogens is 192 g/mol. The third-order valence-corrected chi connectivity index (χ3v) is 1.70. The molecule has 5 N–H and O–H groups in total. The van der Waals surface area contributed by atoms with E-state index in [-0.39, 0.29) is 17.5 Å².